The molecule has 0 radical (unpaired) electrons. The fourth-order valence-corrected chi connectivity index (χ4v) is 2.40. The quantitative estimate of drug-likeness (QED) is 0.837. The van der Waals surface area contributed by atoms with E-state index >= 15 is 0 Å². The summed E-state index contributed by atoms with van der Waals surface area (Å²) in [5.41, 5.74) is 0.526. The molecule has 1 aromatic carbocycles. The van der Waals surface area contributed by atoms with Gasteiger partial charge < -0.3 is 20.1 Å². The van der Waals surface area contributed by atoms with Gasteiger partial charge in [0.15, 0.2) is 0 Å². The van der Waals surface area contributed by atoms with Gasteiger partial charge in [-0.25, -0.2) is 4.79 Å². The molecule has 0 aromatic heterocycles. The van der Waals surface area contributed by atoms with E-state index in [1.807, 2.05) is 0 Å². The van der Waals surface area contributed by atoms with E-state index in [1.165, 1.54) is 12.1 Å². The van der Waals surface area contributed by atoms with Crippen molar-refractivity contribution in [1.82, 2.24) is 4.90 Å². The molecule has 21 heavy (non-hydrogen) atoms. The van der Waals surface area contributed by atoms with Gasteiger partial charge in [0.25, 0.3) is 0 Å². The second kappa shape index (κ2) is 6.97. The first kappa shape index (κ1) is 15.2. The van der Waals surface area contributed by atoms with E-state index in [0.29, 0.717) is 25.4 Å². The summed E-state index contributed by atoms with van der Waals surface area (Å²) in [5.74, 6) is -0.406. The maximum Gasteiger partial charge on any atom is 0.321 e. The Kier molecular flexibility index (Phi) is 5.03. The number of hydrogen-bond acceptors (Lipinski definition) is 4. The van der Waals surface area contributed by atoms with E-state index in [1.54, 1.807) is 24.0 Å². The normalized spacial score (nSPS) is 18.1. The van der Waals surface area contributed by atoms with Crippen LogP contribution in [-0.4, -0.2) is 41.7 Å². The standard InChI is InChI=1S/C15H20N2O4/c1-2-21-14(19)11-5-4-8-17(10-11)15(20)16-12-6-3-7-13(18)9-12/h3,6-7,9,11,18H,2,4-5,8,10H2,1H3,(H,16,20). The van der Waals surface area contributed by atoms with Gasteiger partial charge in [-0.15, -0.1) is 0 Å². The van der Waals surface area contributed by atoms with Crippen LogP contribution >= 0.6 is 0 Å². The monoisotopic (exact) mass is 292 g/mol. The number of carbonyl (C=O) groups excluding carboxylic acids is 2. The summed E-state index contributed by atoms with van der Waals surface area (Å²) in [6.07, 6.45) is 1.52. The molecule has 6 nitrogen and oxygen atoms in total. The molecule has 0 bridgehead atoms. The molecule has 0 aliphatic carbocycles. The lowest BCUT2D eigenvalue weighted by atomic mass is 9.98. The van der Waals surface area contributed by atoms with Gasteiger partial charge in [-0.05, 0) is 31.9 Å². The number of nitrogens with one attached hydrogen (secondary N) is 1. The van der Waals surface area contributed by atoms with Crippen molar-refractivity contribution in [2.45, 2.75) is 19.8 Å². The number of aromatic hydroxyl groups is 1. The zero-order valence-corrected chi connectivity index (χ0v) is 12.0. The number of urea groups is 1. The van der Waals surface area contributed by atoms with Crippen LogP contribution in [0.4, 0.5) is 10.5 Å². The zero-order valence-electron chi connectivity index (χ0n) is 12.0. The zero-order chi connectivity index (χ0) is 15.2. The summed E-state index contributed by atoms with van der Waals surface area (Å²) in [7, 11) is 0. The predicted octanol–water partition coefficient (Wildman–Crippen LogP) is 2.20. The maximum atomic E-state index is 12.2. The molecule has 2 N–H and O–H groups in total. The summed E-state index contributed by atoms with van der Waals surface area (Å²) in [6, 6.07) is 6.10. The number of benzene rings is 1. The van der Waals surface area contributed by atoms with Crippen LogP contribution in [0.5, 0.6) is 5.75 Å². The van der Waals surface area contributed by atoms with Crippen LogP contribution in [0.15, 0.2) is 24.3 Å². The minimum absolute atomic E-state index is 0.0934. The molecule has 1 saturated heterocycles. The minimum Gasteiger partial charge on any atom is -0.508 e. The van der Waals surface area contributed by atoms with Gasteiger partial charge in [0.05, 0.1) is 12.5 Å². The van der Waals surface area contributed by atoms with Crippen molar-refractivity contribution >= 4 is 17.7 Å². The number of carbonyl (C=O) groups is 2. The van der Waals surface area contributed by atoms with Gasteiger partial charge in [-0.1, -0.05) is 6.07 Å². The highest BCUT2D eigenvalue weighted by Crippen LogP contribution is 2.20. The Morgan fingerprint density at radius 2 is 2.29 bits per heavy atom. The first-order valence-electron chi connectivity index (χ1n) is 7.11. The number of rotatable bonds is 3. The Labute approximate surface area is 123 Å². The van der Waals surface area contributed by atoms with E-state index in [0.717, 1.165) is 12.8 Å². The molecule has 1 unspecified atom stereocenters. The van der Waals surface area contributed by atoms with Crippen LogP contribution in [0.3, 0.4) is 0 Å². The summed E-state index contributed by atoms with van der Waals surface area (Å²) in [5, 5.41) is 12.1. The molecule has 1 atom stereocenters. The SMILES string of the molecule is CCOC(=O)C1CCCN(C(=O)Nc2cccc(O)c2)C1. The van der Waals surface area contributed by atoms with E-state index in [9.17, 15) is 14.7 Å². The lowest BCUT2D eigenvalue weighted by Gasteiger charge is -2.31. The Morgan fingerprint density at radius 1 is 1.48 bits per heavy atom. The molecular formula is C15H20N2O4. The summed E-state index contributed by atoms with van der Waals surface area (Å²) in [4.78, 5) is 25.5. The molecule has 114 valence electrons. The van der Waals surface area contributed by atoms with Crippen LogP contribution in [-0.2, 0) is 9.53 Å². The smallest absolute Gasteiger partial charge is 0.321 e. The van der Waals surface area contributed by atoms with Gasteiger partial charge in [-0.2, -0.15) is 0 Å². The molecule has 6 heteroatoms. The number of ether oxygens (including phenoxy) is 1. The summed E-state index contributed by atoms with van der Waals surface area (Å²) < 4.78 is 5.01. The van der Waals surface area contributed by atoms with Gasteiger partial charge in [0.1, 0.15) is 5.75 Å². The van der Waals surface area contributed by atoms with Crippen molar-refractivity contribution < 1.29 is 19.4 Å². The maximum absolute atomic E-state index is 12.2. The first-order chi connectivity index (χ1) is 10.1. The second-order valence-corrected chi connectivity index (χ2v) is 5.02. The molecular weight excluding hydrogens is 272 g/mol. The van der Waals surface area contributed by atoms with E-state index in [-0.39, 0.29) is 23.7 Å². The molecule has 0 spiro atoms. The minimum atomic E-state index is -0.269. The third-order valence-corrected chi connectivity index (χ3v) is 3.43. The molecule has 0 saturated carbocycles. The highest BCUT2D eigenvalue weighted by Gasteiger charge is 2.29. The summed E-state index contributed by atoms with van der Waals surface area (Å²) in [6.45, 7) is 3.10. The third kappa shape index (κ3) is 4.11. The molecule has 2 amide bonds. The van der Waals surface area contributed by atoms with Crippen molar-refractivity contribution in [3.05, 3.63) is 24.3 Å². The fraction of sp³-hybridized carbons (Fsp3) is 0.467. The first-order valence-corrected chi connectivity index (χ1v) is 7.11. The Morgan fingerprint density at radius 3 is 3.00 bits per heavy atom. The highest BCUT2D eigenvalue weighted by molar-refractivity contribution is 5.90. The van der Waals surface area contributed by atoms with E-state index in [2.05, 4.69) is 5.32 Å². The third-order valence-electron chi connectivity index (χ3n) is 3.43. The predicted molar refractivity (Wildman–Crippen MR) is 78.1 cm³/mol. The lowest BCUT2D eigenvalue weighted by Crippen LogP contribution is -2.44. The van der Waals surface area contributed by atoms with Crippen molar-refractivity contribution in [1.29, 1.82) is 0 Å². The van der Waals surface area contributed by atoms with Crippen molar-refractivity contribution in [3.63, 3.8) is 0 Å². The number of piperidine rings is 1. The number of likely N-dealkylation sites (tertiary alicyclic amines) is 1. The topological polar surface area (TPSA) is 78.9 Å². The average molecular weight is 292 g/mol. The highest BCUT2D eigenvalue weighted by atomic mass is 16.5. The lowest BCUT2D eigenvalue weighted by molar-refractivity contribution is -0.149. The van der Waals surface area contributed by atoms with Gasteiger partial charge >= 0.3 is 12.0 Å². The number of phenols is 1. The molecule has 2 rings (SSSR count). The number of amides is 2. The van der Waals surface area contributed by atoms with Gasteiger partial charge in [0, 0.05) is 24.8 Å². The second-order valence-electron chi connectivity index (χ2n) is 5.02. The largest absolute Gasteiger partial charge is 0.508 e. The number of phenolic OH excluding ortho intramolecular Hbond substituents is 1. The Balaban J connectivity index is 1.94. The van der Waals surface area contributed by atoms with Crippen LogP contribution in [0.25, 0.3) is 0 Å². The number of hydrogen-bond donors (Lipinski definition) is 2. The van der Waals surface area contributed by atoms with Crippen LogP contribution < -0.4 is 5.32 Å². The van der Waals surface area contributed by atoms with Crippen LogP contribution in [0.2, 0.25) is 0 Å². The van der Waals surface area contributed by atoms with Gasteiger partial charge in [-0.3, -0.25) is 4.79 Å². The number of nitrogens with zero attached hydrogens (tertiary/aromatic N) is 1. The van der Waals surface area contributed by atoms with Gasteiger partial charge in [0.2, 0.25) is 0 Å². The molecule has 1 fully saturated rings. The summed E-state index contributed by atoms with van der Waals surface area (Å²) >= 11 is 0. The average Bonchev–Trinajstić information content (AvgIpc) is 2.47. The fourth-order valence-electron chi connectivity index (χ4n) is 2.40. The van der Waals surface area contributed by atoms with Crippen LogP contribution in [0, 0.1) is 5.92 Å². The molecule has 1 heterocycles. The molecule has 1 aromatic rings. The van der Waals surface area contributed by atoms with E-state index in [4.69, 9.17) is 4.74 Å². The van der Waals surface area contributed by atoms with Crippen molar-refractivity contribution in [3.8, 4) is 5.75 Å². The van der Waals surface area contributed by atoms with Crippen LogP contribution in [0.1, 0.15) is 19.8 Å². The number of anilines is 1. The Hall–Kier alpha value is -2.24. The van der Waals surface area contributed by atoms with Crippen molar-refractivity contribution in [2.24, 2.45) is 5.92 Å². The van der Waals surface area contributed by atoms with Crippen molar-refractivity contribution in [2.75, 3.05) is 25.0 Å². The Bertz CT molecular complexity index is 518. The molecule has 1 aliphatic rings. The van der Waals surface area contributed by atoms with E-state index < -0.39 is 0 Å². The number of esters is 1. The molecule has 1 aliphatic heterocycles.